The molecule has 0 aliphatic rings. The molecule has 0 aliphatic heterocycles. The lowest BCUT2D eigenvalue weighted by Crippen LogP contribution is -2.30. The van der Waals surface area contributed by atoms with Crippen molar-refractivity contribution in [2.75, 3.05) is 0 Å². The van der Waals surface area contributed by atoms with Crippen LogP contribution in [0.15, 0.2) is 23.0 Å². The molecule has 0 aliphatic carbocycles. The average Bonchev–Trinajstić information content (AvgIpc) is 2.87. The Balaban J connectivity index is 1.77. The van der Waals surface area contributed by atoms with Gasteiger partial charge in [0.25, 0.3) is 0 Å². The highest BCUT2D eigenvalue weighted by molar-refractivity contribution is 4.83. The lowest BCUT2D eigenvalue weighted by molar-refractivity contribution is 0.348. The van der Waals surface area contributed by atoms with Crippen LogP contribution in [0.25, 0.3) is 0 Å². The summed E-state index contributed by atoms with van der Waals surface area (Å²) in [5.41, 5.74) is 0. The first kappa shape index (κ1) is 10.8. The predicted octanol–water partition coefficient (Wildman–Crippen LogP) is 0.753. The Bertz CT molecular complexity index is 422. The summed E-state index contributed by atoms with van der Waals surface area (Å²) in [5, 5.41) is 11.2. The Morgan fingerprint density at radius 3 is 3.06 bits per heavy atom. The van der Waals surface area contributed by atoms with Gasteiger partial charge in [-0.05, 0) is 19.9 Å². The van der Waals surface area contributed by atoms with E-state index in [1.807, 2.05) is 16.9 Å². The summed E-state index contributed by atoms with van der Waals surface area (Å²) in [7, 11) is 0. The quantitative estimate of drug-likeness (QED) is 0.807. The third-order valence-corrected chi connectivity index (χ3v) is 2.19. The van der Waals surface area contributed by atoms with Crippen LogP contribution in [0.3, 0.4) is 0 Å². The summed E-state index contributed by atoms with van der Waals surface area (Å²) in [4.78, 5) is 4.12. The van der Waals surface area contributed by atoms with E-state index in [0.717, 1.165) is 6.54 Å². The lowest BCUT2D eigenvalue weighted by Gasteiger charge is -2.11. The highest BCUT2D eigenvalue weighted by atomic mass is 16.5. The molecular weight excluding hydrogens is 206 g/mol. The van der Waals surface area contributed by atoms with Crippen LogP contribution in [0.1, 0.15) is 18.6 Å². The number of nitrogens with one attached hydrogen (secondary N) is 1. The molecule has 0 saturated heterocycles. The Morgan fingerprint density at radius 2 is 2.44 bits per heavy atom. The highest BCUT2D eigenvalue weighted by Gasteiger charge is 2.06. The Kier molecular flexibility index (Phi) is 3.31. The Labute approximate surface area is 93.7 Å². The molecule has 2 aromatic rings. The van der Waals surface area contributed by atoms with Crippen molar-refractivity contribution in [3.05, 3.63) is 30.2 Å². The van der Waals surface area contributed by atoms with Crippen molar-refractivity contribution in [1.29, 1.82) is 0 Å². The van der Waals surface area contributed by atoms with Crippen molar-refractivity contribution < 1.29 is 4.52 Å². The molecular formula is C10H15N5O. The van der Waals surface area contributed by atoms with E-state index in [-0.39, 0.29) is 0 Å². The van der Waals surface area contributed by atoms with Gasteiger partial charge in [0, 0.05) is 18.4 Å². The lowest BCUT2D eigenvalue weighted by atomic mass is 10.3. The van der Waals surface area contributed by atoms with Gasteiger partial charge in [-0.15, -0.1) is 0 Å². The van der Waals surface area contributed by atoms with E-state index < -0.39 is 0 Å². The first-order valence-electron chi connectivity index (χ1n) is 5.24. The first-order chi connectivity index (χ1) is 7.74. The predicted molar refractivity (Wildman–Crippen MR) is 57.6 cm³/mol. The van der Waals surface area contributed by atoms with E-state index in [0.29, 0.717) is 24.3 Å². The van der Waals surface area contributed by atoms with Crippen LogP contribution >= 0.6 is 0 Å². The SMILES string of the molecule is Cc1noc(CN[C@H](C)Cn2cccn2)n1. The first-order valence-corrected chi connectivity index (χ1v) is 5.24. The van der Waals surface area contributed by atoms with E-state index in [2.05, 4.69) is 27.5 Å². The highest BCUT2D eigenvalue weighted by Crippen LogP contribution is 1.97. The summed E-state index contributed by atoms with van der Waals surface area (Å²) in [6.07, 6.45) is 3.71. The maximum atomic E-state index is 5.00. The van der Waals surface area contributed by atoms with E-state index in [4.69, 9.17) is 4.52 Å². The topological polar surface area (TPSA) is 68.8 Å². The summed E-state index contributed by atoms with van der Waals surface area (Å²) in [6.45, 7) is 5.30. The van der Waals surface area contributed by atoms with Crippen molar-refractivity contribution in [3.63, 3.8) is 0 Å². The normalized spacial score (nSPS) is 12.9. The molecule has 6 nitrogen and oxygen atoms in total. The minimum absolute atomic E-state index is 0.298. The summed E-state index contributed by atoms with van der Waals surface area (Å²) < 4.78 is 6.89. The zero-order chi connectivity index (χ0) is 11.4. The number of rotatable bonds is 5. The van der Waals surface area contributed by atoms with Gasteiger partial charge in [0.15, 0.2) is 5.82 Å². The van der Waals surface area contributed by atoms with Crippen molar-refractivity contribution in [3.8, 4) is 0 Å². The summed E-state index contributed by atoms with van der Waals surface area (Å²) in [6, 6.07) is 2.21. The number of nitrogens with zero attached hydrogens (tertiary/aromatic N) is 4. The molecule has 0 saturated carbocycles. The van der Waals surface area contributed by atoms with Crippen LogP contribution < -0.4 is 5.32 Å². The molecule has 0 fully saturated rings. The molecule has 0 bridgehead atoms. The maximum absolute atomic E-state index is 5.00. The molecule has 0 aromatic carbocycles. The van der Waals surface area contributed by atoms with Gasteiger partial charge in [-0.1, -0.05) is 5.16 Å². The smallest absolute Gasteiger partial charge is 0.240 e. The average molecular weight is 221 g/mol. The van der Waals surface area contributed by atoms with Crippen molar-refractivity contribution in [2.24, 2.45) is 0 Å². The molecule has 0 unspecified atom stereocenters. The van der Waals surface area contributed by atoms with Crippen LogP contribution in [-0.4, -0.2) is 26.0 Å². The zero-order valence-corrected chi connectivity index (χ0v) is 9.42. The molecule has 6 heteroatoms. The number of aromatic nitrogens is 4. The molecule has 2 aromatic heterocycles. The van der Waals surface area contributed by atoms with Crippen LogP contribution in [0.5, 0.6) is 0 Å². The molecule has 16 heavy (non-hydrogen) atoms. The number of aryl methyl sites for hydroxylation is 1. The van der Waals surface area contributed by atoms with E-state index in [1.54, 1.807) is 13.1 Å². The monoisotopic (exact) mass is 221 g/mol. The standard InChI is InChI=1S/C10H15N5O/c1-8(7-15-5-3-4-12-15)11-6-10-13-9(2)14-16-10/h3-5,8,11H,6-7H2,1-2H3/t8-/m1/s1. The van der Waals surface area contributed by atoms with Gasteiger partial charge in [-0.3, -0.25) is 4.68 Å². The minimum atomic E-state index is 0.298. The Morgan fingerprint density at radius 1 is 1.56 bits per heavy atom. The van der Waals surface area contributed by atoms with Gasteiger partial charge < -0.3 is 9.84 Å². The number of hydrogen-bond donors (Lipinski definition) is 1. The van der Waals surface area contributed by atoms with Gasteiger partial charge in [0.05, 0.1) is 13.1 Å². The van der Waals surface area contributed by atoms with Crippen molar-refractivity contribution in [2.45, 2.75) is 33.0 Å². The van der Waals surface area contributed by atoms with Gasteiger partial charge in [-0.2, -0.15) is 10.1 Å². The minimum Gasteiger partial charge on any atom is -0.338 e. The van der Waals surface area contributed by atoms with Crippen LogP contribution in [-0.2, 0) is 13.1 Å². The largest absolute Gasteiger partial charge is 0.338 e. The van der Waals surface area contributed by atoms with Crippen molar-refractivity contribution >= 4 is 0 Å². The fourth-order valence-electron chi connectivity index (χ4n) is 1.43. The second-order valence-corrected chi connectivity index (χ2v) is 3.75. The van der Waals surface area contributed by atoms with Crippen molar-refractivity contribution in [1.82, 2.24) is 25.2 Å². The molecule has 1 N–H and O–H groups in total. The molecule has 86 valence electrons. The molecule has 0 spiro atoms. The molecule has 0 amide bonds. The van der Waals surface area contributed by atoms with Gasteiger partial charge in [0.1, 0.15) is 0 Å². The number of hydrogen-bond acceptors (Lipinski definition) is 5. The van der Waals surface area contributed by atoms with Crippen LogP contribution in [0, 0.1) is 6.92 Å². The van der Waals surface area contributed by atoms with E-state index in [9.17, 15) is 0 Å². The fourth-order valence-corrected chi connectivity index (χ4v) is 1.43. The summed E-state index contributed by atoms with van der Waals surface area (Å²) in [5.74, 6) is 1.28. The Hall–Kier alpha value is -1.69. The van der Waals surface area contributed by atoms with Gasteiger partial charge >= 0.3 is 0 Å². The molecule has 0 radical (unpaired) electrons. The third-order valence-electron chi connectivity index (χ3n) is 2.19. The van der Waals surface area contributed by atoms with Crippen LogP contribution in [0.4, 0.5) is 0 Å². The van der Waals surface area contributed by atoms with E-state index >= 15 is 0 Å². The molecule has 2 heterocycles. The molecule has 1 atom stereocenters. The zero-order valence-electron chi connectivity index (χ0n) is 9.42. The molecule has 2 rings (SSSR count). The second-order valence-electron chi connectivity index (χ2n) is 3.75. The van der Waals surface area contributed by atoms with Crippen LogP contribution in [0.2, 0.25) is 0 Å². The summed E-state index contributed by atoms with van der Waals surface area (Å²) >= 11 is 0. The maximum Gasteiger partial charge on any atom is 0.240 e. The second kappa shape index (κ2) is 4.89. The van der Waals surface area contributed by atoms with E-state index in [1.165, 1.54) is 0 Å². The third kappa shape index (κ3) is 2.90. The fraction of sp³-hybridized carbons (Fsp3) is 0.500. The van der Waals surface area contributed by atoms with Gasteiger partial charge in [0.2, 0.25) is 5.89 Å². The van der Waals surface area contributed by atoms with Gasteiger partial charge in [-0.25, -0.2) is 0 Å².